The predicted molar refractivity (Wildman–Crippen MR) is 47.8 cm³/mol. The van der Waals surface area contributed by atoms with Gasteiger partial charge in [-0.15, -0.1) is 0 Å². The number of ether oxygens (including phenoxy) is 1. The van der Waals surface area contributed by atoms with Crippen LogP contribution in [0.25, 0.3) is 0 Å². The lowest BCUT2D eigenvalue weighted by atomic mass is 9.74. The van der Waals surface area contributed by atoms with Crippen LogP contribution < -0.4 is 0 Å². The van der Waals surface area contributed by atoms with Gasteiger partial charge in [-0.3, -0.25) is 0 Å². The molecule has 2 aliphatic carbocycles. The van der Waals surface area contributed by atoms with Crippen molar-refractivity contribution in [1.29, 1.82) is 0 Å². The maximum Gasteiger partial charge on any atom is 0.0875 e. The molecular formula is C11H18O. The molecule has 0 aromatic heterocycles. The lowest BCUT2D eigenvalue weighted by molar-refractivity contribution is 0.100. The van der Waals surface area contributed by atoms with Crippen molar-refractivity contribution in [3.8, 4) is 0 Å². The zero-order valence-electron chi connectivity index (χ0n) is 8.21. The molecule has 1 heteroatoms. The molecule has 1 aliphatic heterocycles. The molecule has 3 fully saturated rings. The molecule has 2 saturated carbocycles. The Hall–Kier alpha value is -0.0400. The molecule has 4 unspecified atom stereocenters. The molecule has 1 saturated heterocycles. The van der Waals surface area contributed by atoms with Crippen molar-refractivity contribution in [1.82, 2.24) is 0 Å². The van der Waals surface area contributed by atoms with Gasteiger partial charge in [0.05, 0.1) is 12.2 Å². The molecule has 0 amide bonds. The van der Waals surface area contributed by atoms with Crippen LogP contribution in [0.1, 0.15) is 33.6 Å². The summed E-state index contributed by atoms with van der Waals surface area (Å²) < 4.78 is 5.67. The first-order valence-corrected chi connectivity index (χ1v) is 5.24. The smallest absolute Gasteiger partial charge is 0.0875 e. The van der Waals surface area contributed by atoms with E-state index >= 15 is 0 Å². The van der Waals surface area contributed by atoms with Crippen LogP contribution in [0, 0.1) is 23.2 Å². The SMILES string of the molecule is CC(C)(C)C1C2CCC1C1OC21. The molecule has 0 radical (unpaired) electrons. The summed E-state index contributed by atoms with van der Waals surface area (Å²) in [7, 11) is 0. The van der Waals surface area contributed by atoms with Gasteiger partial charge in [-0.2, -0.15) is 0 Å². The fraction of sp³-hybridized carbons (Fsp3) is 1.00. The van der Waals surface area contributed by atoms with Crippen molar-refractivity contribution in [2.24, 2.45) is 23.2 Å². The molecule has 68 valence electrons. The summed E-state index contributed by atoms with van der Waals surface area (Å²) in [6, 6.07) is 0. The highest BCUT2D eigenvalue weighted by Gasteiger charge is 2.66. The lowest BCUT2D eigenvalue weighted by Gasteiger charge is -2.32. The van der Waals surface area contributed by atoms with Crippen LogP contribution in [-0.4, -0.2) is 12.2 Å². The number of hydrogen-bond acceptors (Lipinski definition) is 1. The molecule has 0 spiro atoms. The average Bonchev–Trinajstić information content (AvgIpc) is 2.56. The van der Waals surface area contributed by atoms with Gasteiger partial charge in [-0.05, 0) is 36.0 Å². The third-order valence-electron chi connectivity index (χ3n) is 4.16. The topological polar surface area (TPSA) is 12.5 Å². The van der Waals surface area contributed by atoms with Gasteiger partial charge in [0.2, 0.25) is 0 Å². The van der Waals surface area contributed by atoms with Gasteiger partial charge in [-0.1, -0.05) is 20.8 Å². The molecule has 0 N–H and O–H groups in total. The lowest BCUT2D eigenvalue weighted by Crippen LogP contribution is -2.28. The summed E-state index contributed by atoms with van der Waals surface area (Å²) in [6.07, 6.45) is 4.25. The van der Waals surface area contributed by atoms with Crippen LogP contribution in [0.2, 0.25) is 0 Å². The van der Waals surface area contributed by atoms with Crippen molar-refractivity contribution in [2.45, 2.75) is 45.8 Å². The first kappa shape index (κ1) is 7.37. The molecule has 4 atom stereocenters. The Morgan fingerprint density at radius 2 is 1.50 bits per heavy atom. The fourth-order valence-electron chi connectivity index (χ4n) is 3.91. The van der Waals surface area contributed by atoms with E-state index in [1.165, 1.54) is 12.8 Å². The number of hydrogen-bond donors (Lipinski definition) is 0. The van der Waals surface area contributed by atoms with Crippen LogP contribution in [-0.2, 0) is 4.74 Å². The summed E-state index contributed by atoms with van der Waals surface area (Å²) in [5.74, 6) is 2.79. The molecule has 0 aromatic carbocycles. The molecule has 3 aliphatic rings. The minimum Gasteiger partial charge on any atom is -0.369 e. The second kappa shape index (κ2) is 1.89. The third kappa shape index (κ3) is 0.736. The zero-order chi connectivity index (χ0) is 8.51. The fourth-order valence-corrected chi connectivity index (χ4v) is 3.91. The van der Waals surface area contributed by atoms with Crippen LogP contribution in [0.4, 0.5) is 0 Å². The second-order valence-electron chi connectivity index (χ2n) is 5.86. The third-order valence-corrected chi connectivity index (χ3v) is 4.16. The van der Waals surface area contributed by atoms with Gasteiger partial charge in [-0.25, -0.2) is 0 Å². The molecule has 2 bridgehead atoms. The van der Waals surface area contributed by atoms with Gasteiger partial charge in [0.15, 0.2) is 0 Å². The van der Waals surface area contributed by atoms with Crippen LogP contribution >= 0.6 is 0 Å². The Balaban J connectivity index is 1.91. The van der Waals surface area contributed by atoms with Crippen molar-refractivity contribution < 1.29 is 4.74 Å². The molecule has 1 heterocycles. The maximum absolute atomic E-state index is 5.67. The van der Waals surface area contributed by atoms with Crippen molar-refractivity contribution in [3.63, 3.8) is 0 Å². The minimum atomic E-state index is 0.516. The van der Waals surface area contributed by atoms with E-state index < -0.39 is 0 Å². The van der Waals surface area contributed by atoms with E-state index in [0.29, 0.717) is 17.6 Å². The van der Waals surface area contributed by atoms with Crippen LogP contribution in [0.15, 0.2) is 0 Å². The Kier molecular flexibility index (Phi) is 1.16. The van der Waals surface area contributed by atoms with E-state index in [-0.39, 0.29) is 0 Å². The summed E-state index contributed by atoms with van der Waals surface area (Å²) in [4.78, 5) is 0. The Morgan fingerprint density at radius 1 is 1.00 bits per heavy atom. The minimum absolute atomic E-state index is 0.516. The highest BCUT2D eigenvalue weighted by Crippen LogP contribution is 2.64. The standard InChI is InChI=1S/C11H18O/c1-11(2,3)8-6-4-5-7(8)10-9(6)12-10/h6-10H,4-5H2,1-3H3. The second-order valence-corrected chi connectivity index (χ2v) is 5.86. The first-order valence-electron chi connectivity index (χ1n) is 5.24. The summed E-state index contributed by atoms with van der Waals surface area (Å²) in [6.45, 7) is 7.19. The van der Waals surface area contributed by atoms with Crippen molar-refractivity contribution >= 4 is 0 Å². The summed E-state index contributed by atoms with van der Waals surface area (Å²) in [5, 5.41) is 0. The van der Waals surface area contributed by atoms with E-state index in [0.717, 1.165) is 17.8 Å². The van der Waals surface area contributed by atoms with Gasteiger partial charge < -0.3 is 4.74 Å². The van der Waals surface area contributed by atoms with E-state index in [2.05, 4.69) is 20.8 Å². The van der Waals surface area contributed by atoms with Gasteiger partial charge in [0.1, 0.15) is 0 Å². The Labute approximate surface area is 74.5 Å². The quantitative estimate of drug-likeness (QED) is 0.504. The predicted octanol–water partition coefficient (Wildman–Crippen LogP) is 2.46. The molecular weight excluding hydrogens is 148 g/mol. The molecule has 3 rings (SSSR count). The largest absolute Gasteiger partial charge is 0.369 e. The summed E-state index contributed by atoms with van der Waals surface area (Å²) >= 11 is 0. The van der Waals surface area contributed by atoms with Gasteiger partial charge in [0.25, 0.3) is 0 Å². The van der Waals surface area contributed by atoms with Crippen LogP contribution in [0.5, 0.6) is 0 Å². The molecule has 12 heavy (non-hydrogen) atoms. The van der Waals surface area contributed by atoms with Crippen molar-refractivity contribution in [3.05, 3.63) is 0 Å². The summed E-state index contributed by atoms with van der Waals surface area (Å²) in [5.41, 5.74) is 0.516. The first-order chi connectivity index (χ1) is 5.59. The van der Waals surface area contributed by atoms with E-state index in [4.69, 9.17) is 4.74 Å². The highest BCUT2D eigenvalue weighted by atomic mass is 16.6. The Morgan fingerprint density at radius 3 is 1.83 bits per heavy atom. The number of rotatable bonds is 0. The average molecular weight is 166 g/mol. The van der Waals surface area contributed by atoms with Crippen LogP contribution in [0.3, 0.4) is 0 Å². The maximum atomic E-state index is 5.67. The molecule has 1 nitrogen and oxygen atoms in total. The van der Waals surface area contributed by atoms with E-state index in [9.17, 15) is 0 Å². The van der Waals surface area contributed by atoms with Gasteiger partial charge in [0, 0.05) is 0 Å². The van der Waals surface area contributed by atoms with Gasteiger partial charge >= 0.3 is 0 Å². The Bertz CT molecular complexity index is 200. The molecule has 0 aromatic rings. The van der Waals surface area contributed by atoms with Crippen molar-refractivity contribution in [2.75, 3.05) is 0 Å². The number of epoxide rings is 1. The monoisotopic (exact) mass is 166 g/mol. The normalized spacial score (nSPS) is 55.8. The van der Waals surface area contributed by atoms with E-state index in [1.807, 2.05) is 0 Å². The van der Waals surface area contributed by atoms with E-state index in [1.54, 1.807) is 0 Å². The zero-order valence-corrected chi connectivity index (χ0v) is 8.21. The number of fused-ring (bicyclic) bond motifs is 5. The highest BCUT2D eigenvalue weighted by molar-refractivity contribution is 5.14.